The molecule has 1 fully saturated rings. The van der Waals surface area contributed by atoms with Crippen LogP contribution in [-0.2, 0) is 24.3 Å². The summed E-state index contributed by atoms with van der Waals surface area (Å²) in [7, 11) is -3.86. The lowest BCUT2D eigenvalue weighted by Gasteiger charge is -2.32. The van der Waals surface area contributed by atoms with Gasteiger partial charge in [-0.25, -0.2) is 8.42 Å². The normalized spacial score (nSPS) is 16.3. The molecule has 0 radical (unpaired) electrons. The smallest absolute Gasteiger partial charge is 0.324 e. The van der Waals surface area contributed by atoms with Crippen LogP contribution in [0.5, 0.6) is 11.5 Å². The maximum atomic E-state index is 13.1. The fourth-order valence-electron chi connectivity index (χ4n) is 3.85. The van der Waals surface area contributed by atoms with E-state index in [0.29, 0.717) is 36.4 Å². The van der Waals surface area contributed by atoms with E-state index < -0.39 is 34.5 Å². The Morgan fingerprint density at radius 2 is 1.54 bits per heavy atom. The Kier molecular flexibility index (Phi) is 7.79. The number of carbonyl (C=O) groups is 2. The lowest BCUT2D eigenvalue weighted by atomic mass is 10.1. The molecule has 1 aliphatic heterocycles. The molecule has 8 nitrogen and oxygen atoms in total. The Morgan fingerprint density at radius 3 is 2.29 bits per heavy atom. The predicted octanol–water partition coefficient (Wildman–Crippen LogP) is 4.20. The number of esters is 1. The molecule has 182 valence electrons. The van der Waals surface area contributed by atoms with Crippen LogP contribution in [0.2, 0.25) is 0 Å². The zero-order valence-corrected chi connectivity index (χ0v) is 19.8. The first-order chi connectivity index (χ1) is 16.9. The molecule has 1 unspecified atom stereocenters. The van der Waals surface area contributed by atoms with Gasteiger partial charge in [-0.05, 0) is 55.7 Å². The topological polar surface area (TPSA) is 102 Å². The first kappa shape index (κ1) is 24.4. The van der Waals surface area contributed by atoms with Gasteiger partial charge in [-0.3, -0.25) is 9.59 Å². The number of rotatable bonds is 8. The van der Waals surface area contributed by atoms with Gasteiger partial charge in [-0.1, -0.05) is 48.5 Å². The number of nitrogens with one attached hydrogen (secondary N) is 1. The number of anilines is 1. The molecular formula is C26H26N2O6S. The quantitative estimate of drug-likeness (QED) is 0.471. The van der Waals surface area contributed by atoms with Gasteiger partial charge in [-0.2, -0.15) is 4.31 Å². The zero-order chi connectivity index (χ0) is 24.7. The van der Waals surface area contributed by atoms with E-state index in [2.05, 4.69) is 5.32 Å². The van der Waals surface area contributed by atoms with Crippen LogP contribution in [0.3, 0.4) is 0 Å². The van der Waals surface area contributed by atoms with E-state index in [1.165, 1.54) is 16.4 Å². The number of hydrogen-bond acceptors (Lipinski definition) is 6. The van der Waals surface area contributed by atoms with Gasteiger partial charge < -0.3 is 14.8 Å². The van der Waals surface area contributed by atoms with Crippen LogP contribution in [0.25, 0.3) is 0 Å². The lowest BCUT2D eigenvalue weighted by Crippen LogP contribution is -2.48. The van der Waals surface area contributed by atoms with E-state index in [1.807, 2.05) is 18.2 Å². The first-order valence-electron chi connectivity index (χ1n) is 11.3. The molecule has 0 aromatic heterocycles. The van der Waals surface area contributed by atoms with Crippen molar-refractivity contribution in [2.24, 2.45) is 0 Å². The standard InChI is InChI=1S/C26H26N2O6S/c29-25(27-22-15-7-8-17-24(22)34-20-11-3-1-4-12-20)19-33-26(30)23-16-9-10-18-28(23)35(31,32)21-13-5-2-6-14-21/h1-8,11-15,17,23H,9-10,16,18-19H2,(H,27,29). The van der Waals surface area contributed by atoms with Crippen LogP contribution in [-0.4, -0.2) is 43.8 Å². The number of amides is 1. The molecule has 1 N–H and O–H groups in total. The minimum atomic E-state index is -3.86. The van der Waals surface area contributed by atoms with Crippen LogP contribution >= 0.6 is 0 Å². The summed E-state index contributed by atoms with van der Waals surface area (Å²) < 4.78 is 38.4. The second kappa shape index (κ2) is 11.2. The van der Waals surface area contributed by atoms with Crippen molar-refractivity contribution in [2.75, 3.05) is 18.5 Å². The number of carbonyl (C=O) groups excluding carboxylic acids is 2. The monoisotopic (exact) mass is 494 g/mol. The fraction of sp³-hybridized carbons (Fsp3) is 0.231. The first-order valence-corrected chi connectivity index (χ1v) is 12.7. The molecule has 0 bridgehead atoms. The molecule has 1 saturated heterocycles. The van der Waals surface area contributed by atoms with Crippen molar-refractivity contribution in [1.29, 1.82) is 0 Å². The van der Waals surface area contributed by atoms with E-state index in [-0.39, 0.29) is 11.4 Å². The molecule has 1 heterocycles. The summed E-state index contributed by atoms with van der Waals surface area (Å²) in [5.74, 6) is -0.257. The van der Waals surface area contributed by atoms with Crippen molar-refractivity contribution in [2.45, 2.75) is 30.2 Å². The minimum Gasteiger partial charge on any atom is -0.455 e. The summed E-state index contributed by atoms with van der Waals surface area (Å²) in [4.78, 5) is 25.5. The zero-order valence-electron chi connectivity index (χ0n) is 19.0. The van der Waals surface area contributed by atoms with Gasteiger partial charge in [0.05, 0.1) is 10.6 Å². The second-order valence-electron chi connectivity index (χ2n) is 8.01. The van der Waals surface area contributed by atoms with Crippen molar-refractivity contribution < 1.29 is 27.5 Å². The highest BCUT2D eigenvalue weighted by Crippen LogP contribution is 2.29. The van der Waals surface area contributed by atoms with Crippen molar-refractivity contribution >= 4 is 27.6 Å². The molecule has 4 rings (SSSR count). The van der Waals surface area contributed by atoms with Gasteiger partial charge in [-0.15, -0.1) is 0 Å². The summed E-state index contributed by atoms with van der Waals surface area (Å²) in [5.41, 5.74) is 0.420. The molecule has 0 aliphatic carbocycles. The Hall–Kier alpha value is -3.69. The molecule has 0 saturated carbocycles. The highest BCUT2D eigenvalue weighted by molar-refractivity contribution is 7.89. The van der Waals surface area contributed by atoms with Crippen molar-refractivity contribution in [3.63, 3.8) is 0 Å². The van der Waals surface area contributed by atoms with Crippen LogP contribution in [0.15, 0.2) is 89.8 Å². The fourth-order valence-corrected chi connectivity index (χ4v) is 5.52. The molecule has 3 aromatic carbocycles. The number of piperidine rings is 1. The van der Waals surface area contributed by atoms with E-state index in [4.69, 9.17) is 9.47 Å². The van der Waals surface area contributed by atoms with E-state index >= 15 is 0 Å². The van der Waals surface area contributed by atoms with Crippen LogP contribution in [0.1, 0.15) is 19.3 Å². The number of sulfonamides is 1. The maximum absolute atomic E-state index is 13.1. The van der Waals surface area contributed by atoms with Gasteiger partial charge in [0.15, 0.2) is 12.4 Å². The Morgan fingerprint density at radius 1 is 0.886 bits per heavy atom. The van der Waals surface area contributed by atoms with Crippen LogP contribution < -0.4 is 10.1 Å². The average molecular weight is 495 g/mol. The van der Waals surface area contributed by atoms with Crippen molar-refractivity contribution in [3.8, 4) is 11.5 Å². The van der Waals surface area contributed by atoms with Gasteiger partial charge in [0.1, 0.15) is 11.8 Å². The molecule has 9 heteroatoms. The number of benzene rings is 3. The third-order valence-corrected chi connectivity index (χ3v) is 7.48. The maximum Gasteiger partial charge on any atom is 0.324 e. The average Bonchev–Trinajstić information content (AvgIpc) is 2.89. The summed E-state index contributed by atoms with van der Waals surface area (Å²) in [6.07, 6.45) is 1.67. The summed E-state index contributed by atoms with van der Waals surface area (Å²) in [6.45, 7) is -0.332. The molecule has 3 aromatic rings. The van der Waals surface area contributed by atoms with Gasteiger partial charge in [0.25, 0.3) is 5.91 Å². The highest BCUT2D eigenvalue weighted by Gasteiger charge is 2.38. The number of ether oxygens (including phenoxy) is 2. The van der Waals surface area contributed by atoms with E-state index in [9.17, 15) is 18.0 Å². The molecule has 1 atom stereocenters. The van der Waals surface area contributed by atoms with Crippen LogP contribution in [0, 0.1) is 0 Å². The Labute approximate surface area is 204 Å². The van der Waals surface area contributed by atoms with Gasteiger partial charge >= 0.3 is 5.97 Å². The summed E-state index contributed by atoms with van der Waals surface area (Å²) >= 11 is 0. The summed E-state index contributed by atoms with van der Waals surface area (Å²) in [6, 6.07) is 23.0. The highest BCUT2D eigenvalue weighted by atomic mass is 32.2. The van der Waals surface area contributed by atoms with Gasteiger partial charge in [0, 0.05) is 6.54 Å². The predicted molar refractivity (Wildman–Crippen MR) is 131 cm³/mol. The second-order valence-corrected chi connectivity index (χ2v) is 9.90. The third kappa shape index (κ3) is 6.06. The van der Waals surface area contributed by atoms with Gasteiger partial charge in [0.2, 0.25) is 10.0 Å². The van der Waals surface area contributed by atoms with E-state index in [1.54, 1.807) is 54.6 Å². The SMILES string of the molecule is O=C(COC(=O)C1CCCCN1S(=O)(=O)c1ccccc1)Nc1ccccc1Oc1ccccc1. The largest absolute Gasteiger partial charge is 0.455 e. The lowest BCUT2D eigenvalue weighted by molar-refractivity contribution is -0.152. The number of para-hydroxylation sites is 3. The summed E-state index contributed by atoms with van der Waals surface area (Å²) in [5, 5.41) is 2.68. The molecule has 0 spiro atoms. The number of nitrogens with zero attached hydrogens (tertiary/aromatic N) is 1. The van der Waals surface area contributed by atoms with Crippen LogP contribution in [0.4, 0.5) is 5.69 Å². The third-order valence-electron chi connectivity index (χ3n) is 5.55. The molecule has 1 amide bonds. The molecular weight excluding hydrogens is 468 g/mol. The molecule has 35 heavy (non-hydrogen) atoms. The Bertz CT molecular complexity index is 1270. The molecule has 1 aliphatic rings. The Balaban J connectivity index is 1.39. The van der Waals surface area contributed by atoms with Crippen molar-refractivity contribution in [1.82, 2.24) is 4.31 Å². The number of hydrogen-bond donors (Lipinski definition) is 1. The minimum absolute atomic E-state index is 0.118. The van der Waals surface area contributed by atoms with E-state index in [0.717, 1.165) is 0 Å². The van der Waals surface area contributed by atoms with Crippen molar-refractivity contribution in [3.05, 3.63) is 84.9 Å².